The topological polar surface area (TPSA) is 17.0 Å². The Morgan fingerprint density at radius 3 is 2.37 bits per heavy atom. The number of hydrogen-bond donors (Lipinski definition) is 0. The molecule has 144 valence electrons. The zero-order valence-electron chi connectivity index (χ0n) is 17.1. The summed E-state index contributed by atoms with van der Waals surface area (Å²) in [5, 5.41) is 3.01. The van der Waals surface area contributed by atoms with Crippen LogP contribution in [0.15, 0.2) is 85.2 Å². The summed E-state index contributed by atoms with van der Waals surface area (Å²) in [5.74, 6) is 1.87. The van der Waals surface area contributed by atoms with Crippen LogP contribution in [0.4, 0.5) is 0 Å². The Labute approximate surface area is 176 Å². The molecule has 3 nitrogen and oxygen atoms in total. The molecule has 1 spiro atoms. The van der Waals surface area contributed by atoms with Gasteiger partial charge in [-0.25, -0.2) is 0 Å². The molecule has 0 saturated carbocycles. The van der Waals surface area contributed by atoms with Gasteiger partial charge in [-0.15, -0.1) is 4.57 Å². The number of hydrogen-bond acceptors (Lipinski definition) is 1. The van der Waals surface area contributed by atoms with Gasteiger partial charge in [0, 0.05) is 18.2 Å². The summed E-state index contributed by atoms with van der Waals surface area (Å²) in [5.41, 5.74) is 5.09. The molecule has 1 atom stereocenters. The lowest BCUT2D eigenvalue weighted by molar-refractivity contribution is -0.977. The standard InChI is InChI=1S/C26H22N2OSi/c1-30(2)21-12-7-9-18-17-19-10-3-5-15-27(19)26(24(18)21)25-20(11-8-13-22(25)30)29-23-14-4-6-16-28(23)26/h3-16H,17H2,1-2H3/q+2. The van der Waals surface area contributed by atoms with Crippen LogP contribution in [0.5, 0.6) is 11.6 Å². The molecule has 0 saturated heterocycles. The second-order valence-electron chi connectivity index (χ2n) is 9.07. The fourth-order valence-electron chi connectivity index (χ4n) is 6.07. The number of nitrogens with zero attached hydrogens (tertiary/aromatic N) is 2. The van der Waals surface area contributed by atoms with Crippen molar-refractivity contribution in [3.05, 3.63) is 108 Å². The first-order valence-corrected chi connectivity index (χ1v) is 13.6. The number of benzene rings is 2. The first-order valence-electron chi connectivity index (χ1n) is 10.6. The zero-order chi connectivity index (χ0) is 20.1. The fourth-order valence-corrected chi connectivity index (χ4v) is 9.27. The molecular weight excluding hydrogens is 384 g/mol. The zero-order valence-corrected chi connectivity index (χ0v) is 18.1. The molecule has 0 N–H and O–H groups in total. The monoisotopic (exact) mass is 406 g/mol. The molecule has 0 amide bonds. The molecular formula is C26H22N2OSi+2. The second kappa shape index (κ2) is 5.27. The SMILES string of the molecule is C[Si]1(C)c2cccc3c2C2(c4c(cccc41)Oc1cccc[n+]12)[n+]1ccccc1C3. The van der Waals surface area contributed by atoms with E-state index in [-0.39, 0.29) is 0 Å². The van der Waals surface area contributed by atoms with Crippen molar-refractivity contribution >= 4 is 18.4 Å². The van der Waals surface area contributed by atoms with Gasteiger partial charge < -0.3 is 4.74 Å². The van der Waals surface area contributed by atoms with Crippen molar-refractivity contribution in [3.63, 3.8) is 0 Å². The average Bonchev–Trinajstić information content (AvgIpc) is 2.77. The summed E-state index contributed by atoms with van der Waals surface area (Å²) in [4.78, 5) is 0. The van der Waals surface area contributed by atoms with E-state index in [1.54, 1.807) is 0 Å². The van der Waals surface area contributed by atoms with Gasteiger partial charge in [0.1, 0.15) is 19.2 Å². The van der Waals surface area contributed by atoms with E-state index >= 15 is 0 Å². The summed E-state index contributed by atoms with van der Waals surface area (Å²) in [6, 6.07) is 26.5. The molecule has 0 aliphatic carbocycles. The smallest absolute Gasteiger partial charge is 0.404 e. The molecule has 0 fully saturated rings. The second-order valence-corrected chi connectivity index (χ2v) is 13.4. The number of aromatic nitrogens is 2. The van der Waals surface area contributed by atoms with Gasteiger partial charge in [-0.1, -0.05) is 54.1 Å². The highest BCUT2D eigenvalue weighted by atomic mass is 28.3. The van der Waals surface area contributed by atoms with E-state index in [1.165, 1.54) is 32.8 Å². The molecule has 4 aromatic rings. The van der Waals surface area contributed by atoms with Crippen LogP contribution >= 0.6 is 0 Å². The summed E-state index contributed by atoms with van der Waals surface area (Å²) in [6.45, 7) is 4.97. The maximum absolute atomic E-state index is 6.51. The van der Waals surface area contributed by atoms with Gasteiger partial charge in [0.15, 0.2) is 23.8 Å². The van der Waals surface area contributed by atoms with Crippen molar-refractivity contribution in [2.75, 3.05) is 0 Å². The van der Waals surface area contributed by atoms with Crippen LogP contribution in [0, 0.1) is 0 Å². The highest BCUT2D eigenvalue weighted by Crippen LogP contribution is 2.45. The van der Waals surface area contributed by atoms with Crippen molar-refractivity contribution in [1.82, 2.24) is 0 Å². The van der Waals surface area contributed by atoms with Crippen LogP contribution < -0.4 is 24.2 Å². The third-order valence-corrected chi connectivity index (χ3v) is 10.8. The summed E-state index contributed by atoms with van der Waals surface area (Å²) >= 11 is 0. The number of fused-ring (bicyclic) bond motifs is 2. The summed E-state index contributed by atoms with van der Waals surface area (Å²) in [6.07, 6.45) is 5.40. The Hall–Kier alpha value is -3.24. The highest BCUT2D eigenvalue weighted by molar-refractivity contribution is 7.01. The molecule has 2 aromatic carbocycles. The van der Waals surface area contributed by atoms with Gasteiger partial charge >= 0.3 is 11.5 Å². The normalized spacial score (nSPS) is 20.9. The maximum atomic E-state index is 6.51. The van der Waals surface area contributed by atoms with Crippen LogP contribution in [-0.4, -0.2) is 8.07 Å². The lowest BCUT2D eigenvalue weighted by atomic mass is 9.80. The Kier molecular flexibility index (Phi) is 2.90. The first-order chi connectivity index (χ1) is 14.6. The first kappa shape index (κ1) is 16.5. The quantitative estimate of drug-likeness (QED) is 0.280. The van der Waals surface area contributed by atoms with Gasteiger partial charge in [-0.05, 0) is 28.1 Å². The Bertz CT molecular complexity index is 1290. The van der Waals surface area contributed by atoms with Crippen molar-refractivity contribution in [3.8, 4) is 11.6 Å². The van der Waals surface area contributed by atoms with Crippen molar-refractivity contribution in [1.29, 1.82) is 0 Å². The highest BCUT2D eigenvalue weighted by Gasteiger charge is 2.68. The summed E-state index contributed by atoms with van der Waals surface area (Å²) in [7, 11) is -1.90. The molecule has 3 aliphatic rings. The third kappa shape index (κ3) is 1.70. The van der Waals surface area contributed by atoms with Crippen LogP contribution in [0.25, 0.3) is 0 Å². The van der Waals surface area contributed by atoms with E-state index in [9.17, 15) is 0 Å². The molecule has 7 rings (SSSR count). The molecule has 0 radical (unpaired) electrons. The van der Waals surface area contributed by atoms with E-state index in [1.807, 2.05) is 0 Å². The largest absolute Gasteiger partial charge is 0.421 e. The van der Waals surface area contributed by atoms with E-state index in [0.717, 1.165) is 18.1 Å². The van der Waals surface area contributed by atoms with Gasteiger partial charge in [0.2, 0.25) is 0 Å². The number of pyridine rings is 2. The van der Waals surface area contributed by atoms with Crippen molar-refractivity contribution in [2.24, 2.45) is 0 Å². The van der Waals surface area contributed by atoms with Gasteiger partial charge in [0.25, 0.3) is 0 Å². The minimum Gasteiger partial charge on any atom is -0.404 e. The molecule has 1 unspecified atom stereocenters. The van der Waals surface area contributed by atoms with E-state index in [0.29, 0.717) is 0 Å². The predicted molar refractivity (Wildman–Crippen MR) is 117 cm³/mol. The average molecular weight is 407 g/mol. The molecule has 2 aromatic heterocycles. The Morgan fingerprint density at radius 1 is 0.767 bits per heavy atom. The minimum atomic E-state index is -1.90. The van der Waals surface area contributed by atoms with Gasteiger partial charge in [0.05, 0.1) is 12.5 Å². The minimum absolute atomic E-state index is 0.454. The molecule has 3 aliphatic heterocycles. The molecule has 4 heteroatoms. The van der Waals surface area contributed by atoms with Crippen LogP contribution in [0.2, 0.25) is 13.1 Å². The van der Waals surface area contributed by atoms with Crippen LogP contribution in [0.1, 0.15) is 22.4 Å². The fraction of sp³-hybridized carbons (Fsp3) is 0.154. The van der Waals surface area contributed by atoms with Gasteiger partial charge in [-0.2, -0.15) is 0 Å². The molecule has 0 bridgehead atoms. The number of rotatable bonds is 0. The third-order valence-electron chi connectivity index (χ3n) is 7.27. The maximum Gasteiger partial charge on any atom is 0.421 e. The predicted octanol–water partition coefficient (Wildman–Crippen LogP) is 2.71. The molecule has 30 heavy (non-hydrogen) atoms. The Morgan fingerprint density at radius 2 is 1.50 bits per heavy atom. The van der Waals surface area contributed by atoms with E-state index in [2.05, 4.69) is 107 Å². The molecule has 5 heterocycles. The van der Waals surface area contributed by atoms with Crippen LogP contribution in [0.3, 0.4) is 0 Å². The lowest BCUT2D eigenvalue weighted by Crippen LogP contribution is -2.84. The van der Waals surface area contributed by atoms with E-state index in [4.69, 9.17) is 4.74 Å². The van der Waals surface area contributed by atoms with Crippen LogP contribution in [-0.2, 0) is 12.1 Å². The van der Waals surface area contributed by atoms with Crippen molar-refractivity contribution in [2.45, 2.75) is 25.2 Å². The lowest BCUT2D eigenvalue weighted by Gasteiger charge is -2.43. The number of ether oxygens (including phenoxy) is 1. The van der Waals surface area contributed by atoms with Gasteiger partial charge in [-0.3, -0.25) is 0 Å². The van der Waals surface area contributed by atoms with E-state index < -0.39 is 13.7 Å². The van der Waals surface area contributed by atoms with Crippen molar-refractivity contribution < 1.29 is 13.9 Å². The summed E-state index contributed by atoms with van der Waals surface area (Å²) < 4.78 is 11.4. The Balaban J connectivity index is 1.79.